The molecule has 0 aliphatic carbocycles. The van der Waals surface area contributed by atoms with E-state index in [-0.39, 0.29) is 0 Å². The number of furan rings is 1. The van der Waals surface area contributed by atoms with E-state index in [1.54, 1.807) is 0 Å². The first kappa shape index (κ1) is 30.0. The predicted octanol–water partition coefficient (Wildman–Crippen LogP) is 14.4. The number of hydrogen-bond donors (Lipinski definition) is 0. The summed E-state index contributed by atoms with van der Waals surface area (Å²) in [6, 6.07) is 71.6. The van der Waals surface area contributed by atoms with Crippen LogP contribution in [0.15, 0.2) is 205 Å². The molecule has 0 N–H and O–H groups in total. The number of benzene rings is 9. The van der Waals surface area contributed by atoms with Crippen molar-refractivity contribution in [1.82, 2.24) is 0 Å². The summed E-state index contributed by atoms with van der Waals surface area (Å²) in [6.45, 7) is 0. The monoisotopic (exact) mass is 663 g/mol. The molecule has 0 fully saturated rings. The molecule has 0 aliphatic heterocycles. The average Bonchev–Trinajstić information content (AvgIpc) is 3.61. The second-order valence-electron chi connectivity index (χ2n) is 13.3. The van der Waals surface area contributed by atoms with Gasteiger partial charge in [-0.3, -0.25) is 0 Å². The molecule has 10 rings (SSSR count). The Bertz CT molecular complexity index is 2870. The van der Waals surface area contributed by atoms with Crippen molar-refractivity contribution in [2.24, 2.45) is 0 Å². The topological polar surface area (TPSA) is 16.4 Å². The minimum Gasteiger partial charge on any atom is -0.455 e. The van der Waals surface area contributed by atoms with Gasteiger partial charge in [0, 0.05) is 32.6 Å². The SMILES string of the molecule is c1ccc(-c2ccc(-c3ccc(N(c4cccc5ccccc45)c4cc5c(oc6cccc(-c7ccccc7)c65)c5ccccc45)cc3)cc2)cc1. The largest absolute Gasteiger partial charge is 0.455 e. The maximum Gasteiger partial charge on any atom is 0.143 e. The molecule has 0 amide bonds. The van der Waals surface area contributed by atoms with E-state index in [2.05, 4.69) is 205 Å². The highest BCUT2D eigenvalue weighted by Crippen LogP contribution is 2.47. The Morgan fingerprint density at radius 3 is 1.60 bits per heavy atom. The van der Waals surface area contributed by atoms with Gasteiger partial charge in [-0.05, 0) is 69.1 Å². The number of fused-ring (bicyclic) bond motifs is 6. The van der Waals surface area contributed by atoms with Crippen LogP contribution in [0.4, 0.5) is 17.1 Å². The third-order valence-corrected chi connectivity index (χ3v) is 10.3. The van der Waals surface area contributed by atoms with Crippen molar-refractivity contribution in [2.75, 3.05) is 4.90 Å². The lowest BCUT2D eigenvalue weighted by Crippen LogP contribution is -2.11. The molecule has 0 unspecified atom stereocenters. The van der Waals surface area contributed by atoms with Gasteiger partial charge in [0.2, 0.25) is 0 Å². The van der Waals surface area contributed by atoms with Crippen molar-refractivity contribution < 1.29 is 4.42 Å². The maximum atomic E-state index is 6.73. The van der Waals surface area contributed by atoms with Gasteiger partial charge in [0.1, 0.15) is 11.2 Å². The zero-order valence-corrected chi connectivity index (χ0v) is 28.4. The first-order valence-corrected chi connectivity index (χ1v) is 17.8. The molecule has 0 saturated carbocycles. The smallest absolute Gasteiger partial charge is 0.143 e. The van der Waals surface area contributed by atoms with Crippen LogP contribution in [0.25, 0.3) is 76.9 Å². The third kappa shape index (κ3) is 5.04. The lowest BCUT2D eigenvalue weighted by molar-refractivity contribution is 0.673. The van der Waals surface area contributed by atoms with Crippen LogP contribution >= 0.6 is 0 Å². The van der Waals surface area contributed by atoms with E-state index in [0.717, 1.165) is 55.3 Å². The molecule has 52 heavy (non-hydrogen) atoms. The summed E-state index contributed by atoms with van der Waals surface area (Å²) in [5, 5.41) is 6.84. The van der Waals surface area contributed by atoms with Crippen molar-refractivity contribution in [1.29, 1.82) is 0 Å². The summed E-state index contributed by atoms with van der Waals surface area (Å²) in [4.78, 5) is 2.43. The van der Waals surface area contributed by atoms with Crippen molar-refractivity contribution in [3.8, 4) is 33.4 Å². The molecule has 0 radical (unpaired) electrons. The first-order valence-electron chi connectivity index (χ1n) is 17.8. The molecule has 0 saturated heterocycles. The number of hydrogen-bond acceptors (Lipinski definition) is 2. The quantitative estimate of drug-likeness (QED) is 0.176. The minimum atomic E-state index is 0.887. The lowest BCUT2D eigenvalue weighted by Gasteiger charge is -2.28. The van der Waals surface area contributed by atoms with Gasteiger partial charge < -0.3 is 9.32 Å². The van der Waals surface area contributed by atoms with Gasteiger partial charge in [0.05, 0.1) is 11.4 Å². The fourth-order valence-electron chi connectivity index (χ4n) is 7.77. The van der Waals surface area contributed by atoms with Crippen LogP contribution in [0.1, 0.15) is 0 Å². The Hall–Kier alpha value is -6.90. The highest BCUT2D eigenvalue weighted by molar-refractivity contribution is 6.23. The summed E-state index contributed by atoms with van der Waals surface area (Å²) in [5.41, 5.74) is 12.2. The molecule has 0 aliphatic rings. The number of nitrogens with zero attached hydrogens (tertiary/aromatic N) is 1. The van der Waals surface area contributed by atoms with Crippen molar-refractivity contribution in [3.63, 3.8) is 0 Å². The minimum absolute atomic E-state index is 0.887. The lowest BCUT2D eigenvalue weighted by atomic mass is 9.96. The predicted molar refractivity (Wildman–Crippen MR) is 220 cm³/mol. The summed E-state index contributed by atoms with van der Waals surface area (Å²) in [5.74, 6) is 0. The summed E-state index contributed by atoms with van der Waals surface area (Å²) in [6.07, 6.45) is 0. The Labute approximate surface area is 302 Å². The number of anilines is 3. The van der Waals surface area contributed by atoms with Gasteiger partial charge in [-0.15, -0.1) is 0 Å². The van der Waals surface area contributed by atoms with E-state index in [0.29, 0.717) is 0 Å². The molecular weight excluding hydrogens is 631 g/mol. The van der Waals surface area contributed by atoms with Crippen LogP contribution < -0.4 is 4.90 Å². The second-order valence-corrected chi connectivity index (χ2v) is 13.3. The van der Waals surface area contributed by atoms with Gasteiger partial charge >= 0.3 is 0 Å². The van der Waals surface area contributed by atoms with Crippen molar-refractivity contribution >= 4 is 60.5 Å². The summed E-state index contributed by atoms with van der Waals surface area (Å²) >= 11 is 0. The summed E-state index contributed by atoms with van der Waals surface area (Å²) in [7, 11) is 0. The second kappa shape index (κ2) is 12.5. The van der Waals surface area contributed by atoms with E-state index in [1.165, 1.54) is 38.6 Å². The van der Waals surface area contributed by atoms with E-state index < -0.39 is 0 Å². The van der Waals surface area contributed by atoms with Gasteiger partial charge in [-0.2, -0.15) is 0 Å². The normalized spacial score (nSPS) is 11.5. The van der Waals surface area contributed by atoms with E-state index in [1.807, 2.05) is 0 Å². The van der Waals surface area contributed by atoms with Crippen LogP contribution in [0, 0.1) is 0 Å². The molecule has 0 bridgehead atoms. The molecule has 244 valence electrons. The molecule has 1 aromatic heterocycles. The molecular formula is C50H33NO. The molecule has 0 spiro atoms. The summed E-state index contributed by atoms with van der Waals surface area (Å²) < 4.78 is 6.73. The zero-order chi connectivity index (χ0) is 34.4. The van der Waals surface area contributed by atoms with Crippen LogP contribution in [0.2, 0.25) is 0 Å². The molecule has 0 atom stereocenters. The van der Waals surface area contributed by atoms with Crippen LogP contribution in [-0.4, -0.2) is 0 Å². The molecule has 2 heteroatoms. The zero-order valence-electron chi connectivity index (χ0n) is 28.4. The fourth-order valence-corrected chi connectivity index (χ4v) is 7.77. The van der Waals surface area contributed by atoms with E-state index >= 15 is 0 Å². The van der Waals surface area contributed by atoms with Crippen LogP contribution in [0.3, 0.4) is 0 Å². The van der Waals surface area contributed by atoms with Crippen molar-refractivity contribution in [2.45, 2.75) is 0 Å². The van der Waals surface area contributed by atoms with Crippen LogP contribution in [0.5, 0.6) is 0 Å². The number of rotatable bonds is 6. The van der Waals surface area contributed by atoms with E-state index in [9.17, 15) is 0 Å². The van der Waals surface area contributed by atoms with Gasteiger partial charge in [-0.25, -0.2) is 0 Å². The van der Waals surface area contributed by atoms with Crippen LogP contribution in [-0.2, 0) is 0 Å². The molecule has 9 aromatic carbocycles. The van der Waals surface area contributed by atoms with E-state index in [4.69, 9.17) is 4.42 Å². The fraction of sp³-hybridized carbons (Fsp3) is 0. The Morgan fingerprint density at radius 2 is 0.885 bits per heavy atom. The average molecular weight is 664 g/mol. The van der Waals surface area contributed by atoms with Gasteiger partial charge in [0.25, 0.3) is 0 Å². The molecule has 1 heterocycles. The highest BCUT2D eigenvalue weighted by Gasteiger charge is 2.22. The van der Waals surface area contributed by atoms with Gasteiger partial charge in [-0.1, -0.05) is 170 Å². The Morgan fingerprint density at radius 1 is 0.346 bits per heavy atom. The Kier molecular flexibility index (Phi) is 7.18. The first-order chi connectivity index (χ1) is 25.8. The van der Waals surface area contributed by atoms with Crippen molar-refractivity contribution in [3.05, 3.63) is 200 Å². The Balaban J connectivity index is 1.19. The highest BCUT2D eigenvalue weighted by atomic mass is 16.3. The molecule has 2 nitrogen and oxygen atoms in total. The maximum absolute atomic E-state index is 6.73. The van der Waals surface area contributed by atoms with Gasteiger partial charge in [0.15, 0.2) is 0 Å². The standard InChI is InChI=1S/C50H33NO/c1-3-13-34(14-4-1)35-25-27-36(28-26-35)37-29-31-40(32-30-37)51(46-23-11-18-38-17-7-8-19-41(38)46)47-33-45-49-42(39-15-5-2-6-16-39)22-12-24-48(49)52-50(45)44-21-10-9-20-43(44)47/h1-33H. The molecule has 10 aromatic rings. The third-order valence-electron chi connectivity index (χ3n) is 10.3.